The number of anilines is 1. The Balaban J connectivity index is 1.45. The molecule has 2 aliphatic heterocycles. The van der Waals surface area contributed by atoms with Crippen molar-refractivity contribution in [2.45, 2.75) is 38.3 Å². The van der Waals surface area contributed by atoms with Crippen LogP contribution in [0.4, 0.5) is 10.1 Å². The Morgan fingerprint density at radius 1 is 1.30 bits per heavy atom. The molecule has 0 spiro atoms. The van der Waals surface area contributed by atoms with Crippen LogP contribution >= 0.6 is 0 Å². The Labute approximate surface area is 215 Å². The number of rotatable bonds is 8. The summed E-state index contributed by atoms with van der Waals surface area (Å²) in [4.78, 5) is 15.0. The first-order chi connectivity index (χ1) is 17.8. The van der Waals surface area contributed by atoms with E-state index >= 15 is 0 Å². The Morgan fingerprint density at radius 2 is 2.14 bits per heavy atom. The second-order valence-corrected chi connectivity index (χ2v) is 11.0. The zero-order valence-electron chi connectivity index (χ0n) is 20.8. The van der Waals surface area contributed by atoms with Crippen LogP contribution in [0.5, 0.6) is 5.75 Å². The number of aromatic nitrogens is 2. The van der Waals surface area contributed by atoms with Crippen molar-refractivity contribution in [1.82, 2.24) is 18.6 Å². The van der Waals surface area contributed by atoms with Crippen molar-refractivity contribution in [3.63, 3.8) is 0 Å². The maximum atomic E-state index is 14.4. The quantitative estimate of drug-likeness (QED) is 0.477. The van der Waals surface area contributed by atoms with E-state index in [1.807, 2.05) is 6.07 Å². The van der Waals surface area contributed by atoms with Gasteiger partial charge in [-0.1, -0.05) is 6.92 Å². The van der Waals surface area contributed by atoms with Crippen molar-refractivity contribution in [3.8, 4) is 5.75 Å². The highest BCUT2D eigenvalue weighted by molar-refractivity contribution is 7.87. The molecule has 0 radical (unpaired) electrons. The number of fused-ring (bicyclic) bond motifs is 1. The SMILES string of the molecule is CCN(C)S(=O)(=O)NC(=O)c1cnn2ccc(N3CCC[C@@H]3c3cc(F)ccc3OC3CCOC3)cc12. The number of carbonyl (C=O) groups excluding carboxylic acids is 1. The second-order valence-electron chi connectivity index (χ2n) is 9.26. The molecule has 198 valence electrons. The topological polar surface area (TPSA) is 105 Å². The van der Waals surface area contributed by atoms with Gasteiger partial charge in [0.2, 0.25) is 0 Å². The van der Waals surface area contributed by atoms with Crippen molar-refractivity contribution in [3.05, 3.63) is 59.7 Å². The third kappa shape index (κ3) is 5.13. The lowest BCUT2D eigenvalue weighted by Gasteiger charge is -2.29. The zero-order chi connectivity index (χ0) is 26.2. The summed E-state index contributed by atoms with van der Waals surface area (Å²) in [6.45, 7) is 3.78. The third-order valence-electron chi connectivity index (χ3n) is 6.92. The second kappa shape index (κ2) is 10.3. The molecule has 0 bridgehead atoms. The molecule has 2 fully saturated rings. The summed E-state index contributed by atoms with van der Waals surface area (Å²) in [7, 11) is -2.58. The molecular weight excluding hydrogens is 501 g/mol. The van der Waals surface area contributed by atoms with E-state index < -0.39 is 16.1 Å². The summed E-state index contributed by atoms with van der Waals surface area (Å²) in [6.07, 6.45) is 5.50. The first kappa shape index (κ1) is 25.4. The average molecular weight is 532 g/mol. The van der Waals surface area contributed by atoms with Gasteiger partial charge in [-0.2, -0.15) is 17.8 Å². The summed E-state index contributed by atoms with van der Waals surface area (Å²) in [6, 6.07) is 8.17. The molecule has 2 aliphatic rings. The van der Waals surface area contributed by atoms with Gasteiger partial charge in [0.05, 0.1) is 36.5 Å². The molecule has 3 aromatic rings. The highest BCUT2D eigenvalue weighted by atomic mass is 32.2. The molecule has 2 saturated heterocycles. The minimum absolute atomic E-state index is 0.0636. The first-order valence-electron chi connectivity index (χ1n) is 12.3. The van der Waals surface area contributed by atoms with E-state index in [4.69, 9.17) is 9.47 Å². The van der Waals surface area contributed by atoms with Gasteiger partial charge in [-0.15, -0.1) is 0 Å². The number of ether oxygens (including phenoxy) is 2. The zero-order valence-corrected chi connectivity index (χ0v) is 21.6. The Kier molecular flexibility index (Phi) is 7.06. The Hall–Kier alpha value is -3.22. The molecule has 1 unspecified atom stereocenters. The minimum atomic E-state index is -3.97. The van der Waals surface area contributed by atoms with E-state index in [2.05, 4.69) is 14.7 Å². The normalized spacial score (nSPS) is 20.2. The fraction of sp³-hybridized carbons (Fsp3) is 0.440. The molecule has 0 aliphatic carbocycles. The van der Waals surface area contributed by atoms with Crippen LogP contribution in [0.25, 0.3) is 5.52 Å². The van der Waals surface area contributed by atoms with Gasteiger partial charge in [0.1, 0.15) is 17.7 Å². The summed E-state index contributed by atoms with van der Waals surface area (Å²) in [5.41, 5.74) is 2.19. The molecular formula is C25H30FN5O5S. The predicted octanol–water partition coefficient (Wildman–Crippen LogP) is 2.91. The summed E-state index contributed by atoms with van der Waals surface area (Å²) >= 11 is 0. The number of carbonyl (C=O) groups is 1. The number of hydrogen-bond donors (Lipinski definition) is 1. The lowest BCUT2D eigenvalue weighted by molar-refractivity contribution is 0.0981. The van der Waals surface area contributed by atoms with Crippen molar-refractivity contribution in [1.29, 1.82) is 0 Å². The fourth-order valence-electron chi connectivity index (χ4n) is 4.81. The third-order valence-corrected chi connectivity index (χ3v) is 8.45. The number of nitrogens with zero attached hydrogens (tertiary/aromatic N) is 4. The molecule has 4 heterocycles. The predicted molar refractivity (Wildman–Crippen MR) is 135 cm³/mol. The van der Waals surface area contributed by atoms with Gasteiger partial charge in [0.15, 0.2) is 0 Å². The molecule has 12 heteroatoms. The molecule has 37 heavy (non-hydrogen) atoms. The van der Waals surface area contributed by atoms with E-state index in [0.717, 1.165) is 41.4 Å². The monoisotopic (exact) mass is 531 g/mol. The van der Waals surface area contributed by atoms with Crippen LogP contribution in [-0.2, 0) is 14.9 Å². The van der Waals surface area contributed by atoms with E-state index in [-0.39, 0.29) is 30.1 Å². The molecule has 2 aromatic heterocycles. The van der Waals surface area contributed by atoms with Crippen molar-refractivity contribution >= 4 is 27.3 Å². The number of hydrogen-bond acceptors (Lipinski definition) is 7. The van der Waals surface area contributed by atoms with Crippen LogP contribution in [0, 0.1) is 5.82 Å². The lowest BCUT2D eigenvalue weighted by atomic mass is 10.0. The van der Waals surface area contributed by atoms with Crippen molar-refractivity contribution in [2.75, 3.05) is 38.3 Å². The van der Waals surface area contributed by atoms with Gasteiger partial charge in [0, 0.05) is 44.0 Å². The smallest absolute Gasteiger partial charge is 0.303 e. The maximum absolute atomic E-state index is 14.4. The van der Waals surface area contributed by atoms with Crippen LogP contribution in [0.2, 0.25) is 0 Å². The van der Waals surface area contributed by atoms with Gasteiger partial charge >= 0.3 is 10.2 Å². The number of halogens is 1. The number of nitrogens with one attached hydrogen (secondary N) is 1. The van der Waals surface area contributed by atoms with Crippen LogP contribution in [0.3, 0.4) is 0 Å². The van der Waals surface area contributed by atoms with E-state index in [1.165, 1.54) is 29.9 Å². The lowest BCUT2D eigenvalue weighted by Crippen LogP contribution is -2.41. The largest absolute Gasteiger partial charge is 0.488 e. The molecule has 0 saturated carbocycles. The van der Waals surface area contributed by atoms with Crippen LogP contribution < -0.4 is 14.4 Å². The van der Waals surface area contributed by atoms with E-state index in [0.29, 0.717) is 24.5 Å². The van der Waals surface area contributed by atoms with Crippen molar-refractivity contribution in [2.24, 2.45) is 0 Å². The van der Waals surface area contributed by atoms with Crippen LogP contribution in [0.1, 0.15) is 48.1 Å². The first-order valence-corrected chi connectivity index (χ1v) is 13.8. The van der Waals surface area contributed by atoms with Gasteiger partial charge in [0.25, 0.3) is 5.91 Å². The van der Waals surface area contributed by atoms with Crippen LogP contribution in [0.15, 0.2) is 42.7 Å². The molecule has 10 nitrogen and oxygen atoms in total. The highest BCUT2D eigenvalue weighted by Gasteiger charge is 2.31. The van der Waals surface area contributed by atoms with Crippen LogP contribution in [-0.4, -0.2) is 67.7 Å². The molecule has 2 atom stereocenters. The molecule has 1 N–H and O–H groups in total. The number of pyridine rings is 1. The van der Waals surface area contributed by atoms with E-state index in [1.54, 1.807) is 25.3 Å². The minimum Gasteiger partial charge on any atom is -0.488 e. The molecule has 5 rings (SSSR count). The van der Waals surface area contributed by atoms with Gasteiger partial charge in [-0.3, -0.25) is 4.79 Å². The molecule has 1 aromatic carbocycles. The molecule has 1 amide bonds. The van der Waals surface area contributed by atoms with E-state index in [9.17, 15) is 17.6 Å². The standard InChI is InChI=1S/C25H30FN5O5S/c1-3-29(2)37(33,34)28-25(32)21-15-27-31-11-8-18(14-23(21)31)30-10-4-5-22(30)20-13-17(26)6-7-24(20)36-19-9-12-35-16-19/h6-8,11,13-15,19,22H,3-5,9-10,12,16H2,1-2H3,(H,28,32)/t19?,22-/m1/s1. The van der Waals surface area contributed by atoms with Gasteiger partial charge < -0.3 is 14.4 Å². The average Bonchev–Trinajstić information content (AvgIpc) is 3.64. The van der Waals surface area contributed by atoms with Gasteiger partial charge in [-0.25, -0.2) is 13.6 Å². The fourth-order valence-corrected chi connectivity index (χ4v) is 5.65. The number of benzene rings is 1. The number of amides is 1. The summed E-state index contributed by atoms with van der Waals surface area (Å²) < 4.78 is 55.4. The highest BCUT2D eigenvalue weighted by Crippen LogP contribution is 2.41. The summed E-state index contributed by atoms with van der Waals surface area (Å²) in [5.74, 6) is -0.449. The summed E-state index contributed by atoms with van der Waals surface area (Å²) in [5, 5.41) is 4.21. The Morgan fingerprint density at radius 3 is 2.89 bits per heavy atom. The van der Waals surface area contributed by atoms with Crippen molar-refractivity contribution < 1.29 is 27.1 Å². The maximum Gasteiger partial charge on any atom is 0.303 e. The van der Waals surface area contributed by atoms with Gasteiger partial charge in [-0.05, 0) is 43.2 Å². The Bertz CT molecular complexity index is 1410.